The zero-order valence-electron chi connectivity index (χ0n) is 8.80. The van der Waals surface area contributed by atoms with E-state index >= 15 is 0 Å². The quantitative estimate of drug-likeness (QED) is 0.670. The molecule has 2 unspecified atom stereocenters. The summed E-state index contributed by atoms with van der Waals surface area (Å²) in [4.78, 5) is 22.8. The highest BCUT2D eigenvalue weighted by Crippen LogP contribution is 2.29. The van der Waals surface area contributed by atoms with E-state index in [1.54, 1.807) is 14.1 Å². The van der Waals surface area contributed by atoms with Gasteiger partial charge in [0.2, 0.25) is 11.8 Å². The van der Waals surface area contributed by atoms with Crippen LogP contribution in [0.15, 0.2) is 0 Å². The molecule has 0 saturated heterocycles. The fourth-order valence-corrected chi connectivity index (χ4v) is 2.07. The predicted molar refractivity (Wildman–Crippen MR) is 53.6 cm³/mol. The van der Waals surface area contributed by atoms with Crippen molar-refractivity contribution in [3.63, 3.8) is 0 Å². The number of hydrogen-bond donors (Lipinski definition) is 2. The maximum atomic E-state index is 11.4. The van der Waals surface area contributed by atoms with Crippen molar-refractivity contribution in [1.82, 2.24) is 10.6 Å². The van der Waals surface area contributed by atoms with Crippen LogP contribution in [0, 0.1) is 11.8 Å². The summed E-state index contributed by atoms with van der Waals surface area (Å²) in [6, 6.07) is 0. The van der Waals surface area contributed by atoms with Crippen LogP contribution >= 0.6 is 0 Å². The van der Waals surface area contributed by atoms with Gasteiger partial charge < -0.3 is 10.6 Å². The normalized spacial score (nSPS) is 26.7. The van der Waals surface area contributed by atoms with Gasteiger partial charge in [-0.15, -0.1) is 0 Å². The molecule has 0 bridgehead atoms. The lowest BCUT2D eigenvalue weighted by atomic mass is 9.80. The van der Waals surface area contributed by atoms with Crippen LogP contribution in [0.25, 0.3) is 0 Å². The van der Waals surface area contributed by atoms with Crippen LogP contribution in [0.4, 0.5) is 0 Å². The first kappa shape index (κ1) is 11.0. The van der Waals surface area contributed by atoms with Crippen molar-refractivity contribution < 1.29 is 9.59 Å². The van der Waals surface area contributed by atoms with Crippen molar-refractivity contribution in [2.45, 2.75) is 25.7 Å². The van der Waals surface area contributed by atoms with Crippen molar-refractivity contribution >= 4 is 11.8 Å². The first-order valence-corrected chi connectivity index (χ1v) is 5.12. The van der Waals surface area contributed by atoms with E-state index in [4.69, 9.17) is 0 Å². The molecular formula is C10H18N2O2. The van der Waals surface area contributed by atoms with Crippen LogP contribution in [0.2, 0.25) is 0 Å². The van der Waals surface area contributed by atoms with Crippen LogP contribution in [0.5, 0.6) is 0 Å². The maximum absolute atomic E-state index is 11.4. The fourth-order valence-electron chi connectivity index (χ4n) is 2.07. The molecule has 1 rings (SSSR count). The molecule has 2 atom stereocenters. The number of carbonyl (C=O) groups excluding carboxylic acids is 2. The molecule has 2 amide bonds. The van der Waals surface area contributed by atoms with Crippen molar-refractivity contribution in [2.24, 2.45) is 11.8 Å². The van der Waals surface area contributed by atoms with Gasteiger partial charge in [0, 0.05) is 25.9 Å². The molecule has 0 aromatic rings. The van der Waals surface area contributed by atoms with Crippen molar-refractivity contribution in [1.29, 1.82) is 0 Å². The number of amides is 2. The summed E-state index contributed by atoms with van der Waals surface area (Å²) in [7, 11) is 3.29. The molecule has 80 valence electrons. The molecule has 0 aliphatic heterocycles. The largest absolute Gasteiger partial charge is 0.359 e. The Kier molecular flexibility index (Phi) is 3.92. The lowest BCUT2D eigenvalue weighted by Gasteiger charge is -2.26. The van der Waals surface area contributed by atoms with E-state index in [1.807, 2.05) is 0 Å². The van der Waals surface area contributed by atoms with Gasteiger partial charge in [0.1, 0.15) is 0 Å². The van der Waals surface area contributed by atoms with Gasteiger partial charge >= 0.3 is 0 Å². The minimum absolute atomic E-state index is 0.0241. The first-order valence-electron chi connectivity index (χ1n) is 5.12. The molecule has 4 heteroatoms. The van der Waals surface area contributed by atoms with Gasteiger partial charge in [0.25, 0.3) is 0 Å². The third-order valence-corrected chi connectivity index (χ3v) is 2.91. The van der Waals surface area contributed by atoms with Gasteiger partial charge in [0.15, 0.2) is 0 Å². The number of carbonyl (C=O) groups is 2. The SMILES string of the molecule is CNC(=O)C1CCCC(C(=O)NC)C1. The summed E-state index contributed by atoms with van der Waals surface area (Å²) >= 11 is 0. The van der Waals surface area contributed by atoms with E-state index < -0.39 is 0 Å². The molecule has 14 heavy (non-hydrogen) atoms. The van der Waals surface area contributed by atoms with Gasteiger partial charge in [-0.2, -0.15) is 0 Å². The zero-order valence-corrected chi connectivity index (χ0v) is 8.80. The highest BCUT2D eigenvalue weighted by molar-refractivity contribution is 5.82. The summed E-state index contributed by atoms with van der Waals surface area (Å²) < 4.78 is 0. The van der Waals surface area contributed by atoms with E-state index in [9.17, 15) is 9.59 Å². The highest BCUT2D eigenvalue weighted by atomic mass is 16.2. The minimum atomic E-state index is 0.0241. The van der Waals surface area contributed by atoms with Crippen LogP contribution < -0.4 is 10.6 Å². The second kappa shape index (κ2) is 4.98. The summed E-state index contributed by atoms with van der Waals surface area (Å²) in [6.07, 6.45) is 3.48. The zero-order chi connectivity index (χ0) is 10.6. The Hall–Kier alpha value is -1.06. The molecule has 1 aliphatic carbocycles. The van der Waals surface area contributed by atoms with E-state index in [0.717, 1.165) is 19.3 Å². The fraction of sp³-hybridized carbons (Fsp3) is 0.800. The Morgan fingerprint density at radius 2 is 1.43 bits per heavy atom. The first-order chi connectivity index (χ1) is 6.69. The Morgan fingerprint density at radius 3 is 1.79 bits per heavy atom. The molecule has 0 aromatic heterocycles. The molecule has 0 radical (unpaired) electrons. The van der Waals surface area contributed by atoms with E-state index in [2.05, 4.69) is 10.6 Å². The predicted octanol–water partition coefficient (Wildman–Crippen LogP) is 0.285. The second-order valence-corrected chi connectivity index (χ2v) is 3.79. The molecule has 1 saturated carbocycles. The summed E-state index contributed by atoms with van der Waals surface area (Å²) in [5.74, 6) is 0.185. The smallest absolute Gasteiger partial charge is 0.222 e. The lowest BCUT2D eigenvalue weighted by Crippen LogP contribution is -2.36. The van der Waals surface area contributed by atoms with Gasteiger partial charge in [-0.25, -0.2) is 0 Å². The number of hydrogen-bond acceptors (Lipinski definition) is 2. The lowest BCUT2D eigenvalue weighted by molar-refractivity contribution is -0.129. The summed E-state index contributed by atoms with van der Waals surface area (Å²) in [5.41, 5.74) is 0. The van der Waals surface area contributed by atoms with Crippen LogP contribution in [0.3, 0.4) is 0 Å². The van der Waals surface area contributed by atoms with Crippen LogP contribution in [0.1, 0.15) is 25.7 Å². The molecule has 1 fully saturated rings. The second-order valence-electron chi connectivity index (χ2n) is 3.79. The van der Waals surface area contributed by atoms with Gasteiger partial charge in [-0.3, -0.25) is 9.59 Å². The van der Waals surface area contributed by atoms with Gasteiger partial charge in [0.05, 0.1) is 0 Å². The van der Waals surface area contributed by atoms with Gasteiger partial charge in [-0.05, 0) is 19.3 Å². The monoisotopic (exact) mass is 198 g/mol. The van der Waals surface area contributed by atoms with Crippen LogP contribution in [-0.2, 0) is 9.59 Å². The Labute approximate surface area is 84.4 Å². The van der Waals surface area contributed by atoms with E-state index in [1.165, 1.54) is 0 Å². The minimum Gasteiger partial charge on any atom is -0.359 e. The summed E-state index contributed by atoms with van der Waals surface area (Å²) in [5, 5.41) is 5.28. The standard InChI is InChI=1S/C10H18N2O2/c1-11-9(13)7-4-3-5-8(6-7)10(14)12-2/h7-8H,3-6H2,1-2H3,(H,11,13)(H,12,14). The van der Waals surface area contributed by atoms with Gasteiger partial charge in [-0.1, -0.05) is 6.42 Å². The van der Waals surface area contributed by atoms with E-state index in [-0.39, 0.29) is 23.7 Å². The third kappa shape index (κ3) is 2.47. The number of nitrogens with one attached hydrogen (secondary N) is 2. The van der Waals surface area contributed by atoms with Crippen molar-refractivity contribution in [3.8, 4) is 0 Å². The third-order valence-electron chi connectivity index (χ3n) is 2.91. The summed E-state index contributed by atoms with van der Waals surface area (Å²) in [6.45, 7) is 0. The van der Waals surface area contributed by atoms with E-state index in [0.29, 0.717) is 6.42 Å². The Morgan fingerprint density at radius 1 is 1.00 bits per heavy atom. The Bertz CT molecular complexity index is 206. The van der Waals surface area contributed by atoms with Crippen molar-refractivity contribution in [3.05, 3.63) is 0 Å². The maximum Gasteiger partial charge on any atom is 0.222 e. The highest BCUT2D eigenvalue weighted by Gasteiger charge is 2.29. The topological polar surface area (TPSA) is 58.2 Å². The molecular weight excluding hydrogens is 180 g/mol. The molecule has 2 N–H and O–H groups in total. The molecule has 0 spiro atoms. The van der Waals surface area contributed by atoms with Crippen LogP contribution in [-0.4, -0.2) is 25.9 Å². The average molecular weight is 198 g/mol. The Balaban J connectivity index is 2.51. The molecule has 0 aromatic carbocycles. The molecule has 0 heterocycles. The molecule has 4 nitrogen and oxygen atoms in total. The molecule has 1 aliphatic rings. The van der Waals surface area contributed by atoms with Crippen molar-refractivity contribution in [2.75, 3.05) is 14.1 Å². The average Bonchev–Trinajstić information content (AvgIpc) is 2.27. The number of rotatable bonds is 2.